The number of pyridine rings is 1. The maximum Gasteiger partial charge on any atom is 0.134 e. The van der Waals surface area contributed by atoms with Crippen molar-refractivity contribution in [3.05, 3.63) is 77.2 Å². The molecule has 106 valence electrons. The Bertz CT molecular complexity index is 794. The summed E-state index contributed by atoms with van der Waals surface area (Å²) in [5, 5.41) is 0.897. The minimum atomic E-state index is -1.03. The molecule has 0 saturated carbocycles. The molecule has 3 rings (SSSR count). The number of benzene rings is 2. The third-order valence-electron chi connectivity index (χ3n) is 3.34. The van der Waals surface area contributed by atoms with Crippen molar-refractivity contribution in [3.8, 4) is 0 Å². The van der Waals surface area contributed by atoms with E-state index in [1.807, 2.05) is 6.07 Å². The first-order valence-electron chi connectivity index (χ1n) is 6.31. The standard InChI is InChI=1S/C16H11F3N2/c17-11-7-12(18)15(13(19)8-11)16(20)10-4-3-9-2-1-5-21-14(9)6-10/h1-8,16H,20H2. The molecule has 0 aliphatic carbocycles. The van der Waals surface area contributed by atoms with E-state index in [1.165, 1.54) is 0 Å². The normalized spacial score (nSPS) is 12.6. The summed E-state index contributed by atoms with van der Waals surface area (Å²) in [4.78, 5) is 4.17. The van der Waals surface area contributed by atoms with Crippen molar-refractivity contribution in [2.75, 3.05) is 0 Å². The maximum atomic E-state index is 13.8. The summed E-state index contributed by atoms with van der Waals surface area (Å²) in [6.45, 7) is 0. The lowest BCUT2D eigenvalue weighted by Gasteiger charge is -2.15. The molecule has 1 atom stereocenters. The summed E-state index contributed by atoms with van der Waals surface area (Å²) in [6, 6.07) is 9.00. The molecule has 0 radical (unpaired) electrons. The number of hydrogen-bond donors (Lipinski definition) is 1. The Hall–Kier alpha value is -2.40. The van der Waals surface area contributed by atoms with Gasteiger partial charge in [0.25, 0.3) is 0 Å². The van der Waals surface area contributed by atoms with Gasteiger partial charge in [0.1, 0.15) is 17.5 Å². The van der Waals surface area contributed by atoms with E-state index in [0.29, 0.717) is 23.2 Å². The molecule has 0 aliphatic rings. The average molecular weight is 288 g/mol. The Labute approximate surface area is 119 Å². The van der Waals surface area contributed by atoms with Crippen LogP contribution in [0.1, 0.15) is 17.2 Å². The van der Waals surface area contributed by atoms with Crippen LogP contribution < -0.4 is 5.73 Å². The molecule has 21 heavy (non-hydrogen) atoms. The molecule has 5 heteroatoms. The highest BCUT2D eigenvalue weighted by Crippen LogP contribution is 2.27. The Morgan fingerprint density at radius 3 is 2.38 bits per heavy atom. The van der Waals surface area contributed by atoms with Crippen LogP contribution in [0.4, 0.5) is 13.2 Å². The third kappa shape index (κ3) is 2.48. The van der Waals surface area contributed by atoms with E-state index in [9.17, 15) is 13.2 Å². The van der Waals surface area contributed by atoms with Gasteiger partial charge >= 0.3 is 0 Å². The van der Waals surface area contributed by atoms with Gasteiger partial charge in [0.05, 0.1) is 11.6 Å². The topological polar surface area (TPSA) is 38.9 Å². The number of halogens is 3. The number of fused-ring (bicyclic) bond motifs is 1. The zero-order valence-corrected chi connectivity index (χ0v) is 10.9. The summed E-state index contributed by atoms with van der Waals surface area (Å²) in [6.07, 6.45) is 1.62. The molecule has 0 spiro atoms. The van der Waals surface area contributed by atoms with E-state index in [4.69, 9.17) is 5.73 Å². The van der Waals surface area contributed by atoms with Crippen molar-refractivity contribution in [1.29, 1.82) is 0 Å². The van der Waals surface area contributed by atoms with E-state index >= 15 is 0 Å². The van der Waals surface area contributed by atoms with Gasteiger partial charge in [-0.1, -0.05) is 18.2 Å². The summed E-state index contributed by atoms with van der Waals surface area (Å²) < 4.78 is 40.5. The van der Waals surface area contributed by atoms with Gasteiger partial charge in [-0.15, -0.1) is 0 Å². The molecule has 2 nitrogen and oxygen atoms in total. The molecule has 3 aromatic rings. The minimum absolute atomic E-state index is 0.355. The first-order chi connectivity index (χ1) is 10.1. The molecule has 0 amide bonds. The number of rotatable bonds is 2. The predicted molar refractivity (Wildman–Crippen MR) is 74.1 cm³/mol. The van der Waals surface area contributed by atoms with Crippen LogP contribution in [0.25, 0.3) is 10.9 Å². The number of aromatic nitrogens is 1. The summed E-state index contributed by atoms with van der Waals surface area (Å²) in [5.41, 5.74) is 6.75. The Balaban J connectivity index is 2.10. The average Bonchev–Trinajstić information content (AvgIpc) is 2.45. The van der Waals surface area contributed by atoms with Crippen LogP contribution >= 0.6 is 0 Å². The monoisotopic (exact) mass is 288 g/mol. The smallest absolute Gasteiger partial charge is 0.134 e. The highest BCUT2D eigenvalue weighted by molar-refractivity contribution is 5.79. The lowest BCUT2D eigenvalue weighted by atomic mass is 9.97. The second-order valence-corrected chi connectivity index (χ2v) is 4.72. The molecule has 1 unspecified atom stereocenters. The summed E-state index contributed by atoms with van der Waals surface area (Å²) in [7, 11) is 0. The third-order valence-corrected chi connectivity index (χ3v) is 3.34. The first-order valence-corrected chi connectivity index (χ1v) is 6.31. The van der Waals surface area contributed by atoms with Gasteiger partial charge in [-0.3, -0.25) is 4.98 Å². The SMILES string of the molecule is NC(c1ccc2cccnc2c1)c1c(F)cc(F)cc1F. The zero-order chi connectivity index (χ0) is 15.0. The first kappa shape index (κ1) is 13.6. The van der Waals surface area contributed by atoms with E-state index < -0.39 is 23.5 Å². The predicted octanol–water partition coefficient (Wildman–Crippen LogP) is 3.70. The van der Waals surface area contributed by atoms with Gasteiger partial charge < -0.3 is 5.73 Å². The number of hydrogen-bond acceptors (Lipinski definition) is 2. The molecule has 0 fully saturated rings. The number of nitrogens with zero attached hydrogens (tertiary/aromatic N) is 1. The summed E-state index contributed by atoms with van der Waals surface area (Å²) >= 11 is 0. The van der Waals surface area contributed by atoms with Crippen LogP contribution in [0.2, 0.25) is 0 Å². The molecule has 2 aromatic carbocycles. The second-order valence-electron chi connectivity index (χ2n) is 4.72. The fraction of sp³-hybridized carbons (Fsp3) is 0.0625. The van der Waals surface area contributed by atoms with Crippen LogP contribution in [0.5, 0.6) is 0 Å². The van der Waals surface area contributed by atoms with Crippen molar-refractivity contribution >= 4 is 10.9 Å². The van der Waals surface area contributed by atoms with Crippen LogP contribution in [0, 0.1) is 17.5 Å². The lowest BCUT2D eigenvalue weighted by molar-refractivity contribution is 0.515. The van der Waals surface area contributed by atoms with Crippen LogP contribution in [-0.2, 0) is 0 Å². The van der Waals surface area contributed by atoms with Gasteiger partial charge in [-0.2, -0.15) is 0 Å². The van der Waals surface area contributed by atoms with Crippen LogP contribution in [0.3, 0.4) is 0 Å². The van der Waals surface area contributed by atoms with Crippen molar-refractivity contribution in [1.82, 2.24) is 4.98 Å². The minimum Gasteiger partial charge on any atom is -0.320 e. The highest BCUT2D eigenvalue weighted by Gasteiger charge is 2.20. The molecule has 0 bridgehead atoms. The highest BCUT2D eigenvalue weighted by atomic mass is 19.1. The molecule has 1 heterocycles. The van der Waals surface area contributed by atoms with E-state index in [1.54, 1.807) is 30.5 Å². The fourth-order valence-corrected chi connectivity index (χ4v) is 2.29. The zero-order valence-electron chi connectivity index (χ0n) is 10.9. The van der Waals surface area contributed by atoms with Gasteiger partial charge in [-0.05, 0) is 17.7 Å². The quantitative estimate of drug-likeness (QED) is 0.781. The Morgan fingerprint density at radius 2 is 1.67 bits per heavy atom. The Morgan fingerprint density at radius 1 is 0.952 bits per heavy atom. The number of nitrogens with two attached hydrogens (primary N) is 1. The second kappa shape index (κ2) is 5.18. The van der Waals surface area contributed by atoms with Crippen molar-refractivity contribution < 1.29 is 13.2 Å². The molecule has 0 saturated heterocycles. The van der Waals surface area contributed by atoms with Gasteiger partial charge in [0, 0.05) is 29.3 Å². The molecule has 2 N–H and O–H groups in total. The molecule has 1 aromatic heterocycles. The van der Waals surface area contributed by atoms with E-state index in [0.717, 1.165) is 5.39 Å². The molecule has 0 aliphatic heterocycles. The molecular weight excluding hydrogens is 277 g/mol. The van der Waals surface area contributed by atoms with Gasteiger partial charge in [0.2, 0.25) is 0 Å². The summed E-state index contributed by atoms with van der Waals surface area (Å²) in [5.74, 6) is -2.97. The van der Waals surface area contributed by atoms with Crippen molar-refractivity contribution in [2.24, 2.45) is 5.73 Å². The van der Waals surface area contributed by atoms with Crippen molar-refractivity contribution in [3.63, 3.8) is 0 Å². The maximum absolute atomic E-state index is 13.8. The van der Waals surface area contributed by atoms with Gasteiger partial charge in [-0.25, -0.2) is 13.2 Å². The van der Waals surface area contributed by atoms with Gasteiger partial charge in [0.15, 0.2) is 0 Å². The van der Waals surface area contributed by atoms with Crippen LogP contribution in [-0.4, -0.2) is 4.98 Å². The fourth-order valence-electron chi connectivity index (χ4n) is 2.29. The van der Waals surface area contributed by atoms with Crippen molar-refractivity contribution in [2.45, 2.75) is 6.04 Å². The molecular formula is C16H11F3N2. The van der Waals surface area contributed by atoms with Crippen LogP contribution in [0.15, 0.2) is 48.7 Å². The largest absolute Gasteiger partial charge is 0.320 e. The Kier molecular flexibility index (Phi) is 3.35. The van der Waals surface area contributed by atoms with E-state index in [2.05, 4.69) is 4.98 Å². The lowest BCUT2D eigenvalue weighted by Crippen LogP contribution is -2.16. The van der Waals surface area contributed by atoms with E-state index in [-0.39, 0.29) is 5.56 Å².